The predicted molar refractivity (Wildman–Crippen MR) is 108 cm³/mol. The van der Waals surface area contributed by atoms with Crippen LogP contribution >= 0.6 is 15.9 Å². The molecule has 0 spiro atoms. The van der Waals surface area contributed by atoms with Crippen LogP contribution in [0.2, 0.25) is 0 Å². The van der Waals surface area contributed by atoms with Gasteiger partial charge < -0.3 is 4.74 Å². The van der Waals surface area contributed by atoms with Crippen molar-refractivity contribution in [3.63, 3.8) is 0 Å². The molecule has 0 unspecified atom stereocenters. The van der Waals surface area contributed by atoms with Gasteiger partial charge in [-0.1, -0.05) is 34.1 Å². The van der Waals surface area contributed by atoms with Gasteiger partial charge in [-0.2, -0.15) is 5.10 Å². The standard InChI is InChI=1S/C22H14BrFN2O/c23-11-20-18-3-1-2-4-22(18)27-13-15-10-21-14(9-19(15)20)12-25-26(21)17-7-5-16(24)6-8-17/h1-12H,13H2/b20-11+. The van der Waals surface area contributed by atoms with Crippen molar-refractivity contribution >= 4 is 32.4 Å². The minimum Gasteiger partial charge on any atom is -0.488 e. The van der Waals surface area contributed by atoms with Crippen molar-refractivity contribution in [3.05, 3.63) is 94.4 Å². The molecule has 2 heterocycles. The smallest absolute Gasteiger partial charge is 0.127 e. The molecule has 0 fully saturated rings. The fraction of sp³-hybridized carbons (Fsp3) is 0.0455. The Labute approximate surface area is 163 Å². The van der Waals surface area contributed by atoms with Gasteiger partial charge in [0.25, 0.3) is 0 Å². The summed E-state index contributed by atoms with van der Waals surface area (Å²) >= 11 is 3.52. The molecular formula is C22H14BrFN2O. The van der Waals surface area contributed by atoms with Crippen LogP contribution in [0.1, 0.15) is 16.7 Å². The van der Waals surface area contributed by atoms with Gasteiger partial charge in [-0.15, -0.1) is 0 Å². The lowest BCUT2D eigenvalue weighted by Crippen LogP contribution is -1.99. The van der Waals surface area contributed by atoms with Crippen molar-refractivity contribution in [3.8, 4) is 11.4 Å². The fourth-order valence-electron chi connectivity index (χ4n) is 3.51. The summed E-state index contributed by atoms with van der Waals surface area (Å²) in [6, 6.07) is 18.6. The summed E-state index contributed by atoms with van der Waals surface area (Å²) in [6.07, 6.45) is 1.84. The van der Waals surface area contributed by atoms with E-state index in [9.17, 15) is 4.39 Å². The van der Waals surface area contributed by atoms with Crippen LogP contribution in [-0.4, -0.2) is 9.78 Å². The number of benzene rings is 3. The molecule has 0 bridgehead atoms. The molecule has 132 valence electrons. The molecule has 5 heteroatoms. The summed E-state index contributed by atoms with van der Waals surface area (Å²) in [4.78, 5) is 1.94. The average molecular weight is 421 g/mol. The zero-order valence-electron chi connectivity index (χ0n) is 14.2. The number of halogens is 2. The van der Waals surface area contributed by atoms with Crippen LogP contribution in [0, 0.1) is 5.82 Å². The molecule has 5 rings (SSSR count). The third-order valence-electron chi connectivity index (χ3n) is 4.82. The van der Waals surface area contributed by atoms with Gasteiger partial charge in [-0.25, -0.2) is 9.07 Å². The predicted octanol–water partition coefficient (Wildman–Crippen LogP) is 5.84. The second kappa shape index (κ2) is 6.35. The first-order valence-corrected chi connectivity index (χ1v) is 9.46. The van der Waals surface area contributed by atoms with Gasteiger partial charge in [0, 0.05) is 10.9 Å². The van der Waals surface area contributed by atoms with E-state index in [1.165, 1.54) is 12.1 Å². The highest BCUT2D eigenvalue weighted by Gasteiger charge is 2.20. The minimum atomic E-state index is -0.262. The van der Waals surface area contributed by atoms with Crippen molar-refractivity contribution in [1.82, 2.24) is 9.78 Å². The molecular weight excluding hydrogens is 407 g/mol. The average Bonchev–Trinajstić information content (AvgIpc) is 3.03. The zero-order valence-corrected chi connectivity index (χ0v) is 15.8. The van der Waals surface area contributed by atoms with E-state index in [-0.39, 0.29) is 5.82 Å². The number of nitrogens with zero attached hydrogens (tertiary/aromatic N) is 2. The van der Waals surface area contributed by atoms with Crippen LogP contribution < -0.4 is 4.74 Å². The quantitative estimate of drug-likeness (QED) is 0.386. The van der Waals surface area contributed by atoms with Crippen LogP contribution in [0.25, 0.3) is 22.2 Å². The van der Waals surface area contributed by atoms with Crippen molar-refractivity contribution in [2.75, 3.05) is 0 Å². The number of para-hydroxylation sites is 1. The molecule has 0 aliphatic carbocycles. The van der Waals surface area contributed by atoms with Gasteiger partial charge in [-0.3, -0.25) is 0 Å². The molecule has 0 atom stereocenters. The van der Waals surface area contributed by atoms with Crippen molar-refractivity contribution < 1.29 is 9.13 Å². The SMILES string of the molecule is Fc1ccc(-n2ncc3cc4c(cc32)COc2ccccc2/C4=C\Br)cc1. The molecule has 4 aromatic rings. The van der Waals surface area contributed by atoms with E-state index >= 15 is 0 Å². The molecule has 0 saturated heterocycles. The van der Waals surface area contributed by atoms with Gasteiger partial charge >= 0.3 is 0 Å². The third kappa shape index (κ3) is 2.66. The molecule has 1 aliphatic rings. The number of ether oxygens (including phenoxy) is 1. The molecule has 1 aromatic heterocycles. The monoisotopic (exact) mass is 420 g/mol. The van der Waals surface area contributed by atoms with Crippen LogP contribution in [0.3, 0.4) is 0 Å². The van der Waals surface area contributed by atoms with Crippen LogP contribution in [0.15, 0.2) is 71.8 Å². The largest absolute Gasteiger partial charge is 0.488 e. The lowest BCUT2D eigenvalue weighted by molar-refractivity contribution is 0.307. The molecule has 3 nitrogen and oxygen atoms in total. The van der Waals surface area contributed by atoms with E-state index in [0.29, 0.717) is 6.61 Å². The van der Waals surface area contributed by atoms with Crippen LogP contribution in [0.5, 0.6) is 5.75 Å². The maximum atomic E-state index is 13.3. The zero-order chi connectivity index (χ0) is 18.4. The van der Waals surface area contributed by atoms with Gasteiger partial charge in [-0.05, 0) is 64.1 Å². The van der Waals surface area contributed by atoms with E-state index in [4.69, 9.17) is 4.74 Å². The highest BCUT2D eigenvalue weighted by atomic mass is 79.9. The van der Waals surface area contributed by atoms with E-state index in [1.54, 1.807) is 12.1 Å². The Morgan fingerprint density at radius 1 is 1.04 bits per heavy atom. The Bertz CT molecular complexity index is 1190. The Hall–Kier alpha value is -2.92. The lowest BCUT2D eigenvalue weighted by Gasteiger charge is -2.10. The maximum Gasteiger partial charge on any atom is 0.127 e. The minimum absolute atomic E-state index is 0.262. The second-order valence-electron chi connectivity index (χ2n) is 6.41. The molecule has 3 aromatic carbocycles. The number of aromatic nitrogens is 2. The molecule has 27 heavy (non-hydrogen) atoms. The van der Waals surface area contributed by atoms with E-state index in [0.717, 1.165) is 44.6 Å². The summed E-state index contributed by atoms with van der Waals surface area (Å²) in [5, 5.41) is 5.53. The summed E-state index contributed by atoms with van der Waals surface area (Å²) in [7, 11) is 0. The van der Waals surface area contributed by atoms with Crippen molar-refractivity contribution in [1.29, 1.82) is 0 Å². The maximum absolute atomic E-state index is 13.3. The van der Waals surface area contributed by atoms with Crippen molar-refractivity contribution in [2.45, 2.75) is 6.61 Å². The van der Waals surface area contributed by atoms with Crippen LogP contribution in [-0.2, 0) is 6.61 Å². The summed E-state index contributed by atoms with van der Waals surface area (Å²) < 4.78 is 21.1. The molecule has 0 amide bonds. The first-order valence-electron chi connectivity index (χ1n) is 8.54. The Morgan fingerprint density at radius 3 is 2.67 bits per heavy atom. The van der Waals surface area contributed by atoms with E-state index in [1.807, 2.05) is 34.1 Å². The fourth-order valence-corrected chi connectivity index (χ4v) is 4.00. The first kappa shape index (κ1) is 16.3. The number of fused-ring (bicyclic) bond motifs is 3. The molecule has 1 aliphatic heterocycles. The Balaban J connectivity index is 1.71. The summed E-state index contributed by atoms with van der Waals surface area (Å²) in [6.45, 7) is 0.473. The molecule has 0 radical (unpaired) electrons. The van der Waals surface area contributed by atoms with Crippen LogP contribution in [0.4, 0.5) is 4.39 Å². The second-order valence-corrected chi connectivity index (χ2v) is 6.87. The van der Waals surface area contributed by atoms with E-state index < -0.39 is 0 Å². The van der Waals surface area contributed by atoms with Gasteiger partial charge in [0.05, 0.1) is 17.4 Å². The lowest BCUT2D eigenvalue weighted by atomic mass is 9.94. The summed E-state index contributed by atoms with van der Waals surface area (Å²) in [5.41, 5.74) is 6.11. The number of rotatable bonds is 1. The van der Waals surface area contributed by atoms with Gasteiger partial charge in [0.1, 0.15) is 18.2 Å². The highest BCUT2D eigenvalue weighted by Crippen LogP contribution is 2.39. The highest BCUT2D eigenvalue weighted by molar-refractivity contribution is 9.11. The topological polar surface area (TPSA) is 27.1 Å². The summed E-state index contributed by atoms with van der Waals surface area (Å²) in [5.74, 6) is 0.603. The third-order valence-corrected chi connectivity index (χ3v) is 5.28. The first-order chi connectivity index (χ1) is 13.2. The van der Waals surface area contributed by atoms with Crippen molar-refractivity contribution in [2.24, 2.45) is 0 Å². The number of hydrogen-bond donors (Lipinski definition) is 0. The normalized spacial score (nSPS) is 14.5. The Kier molecular flexibility index (Phi) is 3.83. The van der Waals surface area contributed by atoms with E-state index in [2.05, 4.69) is 39.2 Å². The molecule has 0 N–H and O–H groups in total. The number of hydrogen-bond acceptors (Lipinski definition) is 2. The molecule has 0 saturated carbocycles. The van der Waals surface area contributed by atoms with Gasteiger partial charge in [0.2, 0.25) is 0 Å². The Morgan fingerprint density at radius 2 is 1.85 bits per heavy atom. The van der Waals surface area contributed by atoms with Gasteiger partial charge in [0.15, 0.2) is 0 Å².